The average Bonchev–Trinajstić information content (AvgIpc) is 3.13. The Morgan fingerprint density at radius 2 is 1.81 bits per heavy atom. The maximum absolute atomic E-state index is 12.4. The van der Waals surface area contributed by atoms with Crippen molar-refractivity contribution in [3.05, 3.63) is 23.8 Å². The molecule has 0 radical (unpaired) electrons. The van der Waals surface area contributed by atoms with E-state index in [-0.39, 0.29) is 17.9 Å². The minimum atomic E-state index is -0.636. The first-order valence-corrected chi connectivity index (χ1v) is 9.52. The number of carbonyl (C=O) groups is 3. The number of hydrogen-bond donors (Lipinski definition) is 2. The number of benzene rings is 1. The Morgan fingerprint density at radius 1 is 1.08 bits per heavy atom. The van der Waals surface area contributed by atoms with Crippen molar-refractivity contribution in [2.24, 2.45) is 5.92 Å². The lowest BCUT2D eigenvalue weighted by Crippen LogP contribution is -2.40. The Labute approximate surface area is 154 Å². The highest BCUT2D eigenvalue weighted by molar-refractivity contribution is 6.39. The number of nitrogens with one attached hydrogen (secondary N) is 2. The van der Waals surface area contributed by atoms with E-state index in [0.29, 0.717) is 5.69 Å². The van der Waals surface area contributed by atoms with Crippen LogP contribution in [-0.4, -0.2) is 30.3 Å². The summed E-state index contributed by atoms with van der Waals surface area (Å²) >= 11 is 0. The van der Waals surface area contributed by atoms with Crippen LogP contribution in [0.5, 0.6) is 0 Å². The van der Waals surface area contributed by atoms with Gasteiger partial charge in [0.15, 0.2) is 0 Å². The number of hydrogen-bond acceptors (Lipinski definition) is 3. The summed E-state index contributed by atoms with van der Waals surface area (Å²) < 4.78 is 0. The zero-order valence-corrected chi connectivity index (χ0v) is 15.5. The molecule has 6 heteroatoms. The maximum atomic E-state index is 12.4. The summed E-state index contributed by atoms with van der Waals surface area (Å²) in [7, 11) is 0. The van der Waals surface area contributed by atoms with Crippen LogP contribution < -0.4 is 15.5 Å². The molecule has 26 heavy (non-hydrogen) atoms. The van der Waals surface area contributed by atoms with E-state index in [1.807, 2.05) is 30.9 Å². The molecule has 1 saturated carbocycles. The molecule has 0 spiro atoms. The first-order chi connectivity index (χ1) is 12.5. The van der Waals surface area contributed by atoms with Crippen LogP contribution in [0.4, 0.5) is 11.4 Å². The van der Waals surface area contributed by atoms with Crippen molar-refractivity contribution in [3.63, 3.8) is 0 Å². The van der Waals surface area contributed by atoms with Gasteiger partial charge in [0.2, 0.25) is 5.91 Å². The van der Waals surface area contributed by atoms with E-state index in [0.717, 1.165) is 56.3 Å². The lowest BCUT2D eigenvalue weighted by molar-refractivity contribution is -0.136. The Balaban J connectivity index is 1.67. The van der Waals surface area contributed by atoms with Gasteiger partial charge in [0, 0.05) is 29.9 Å². The molecule has 3 amide bonds. The Bertz CT molecular complexity index is 708. The van der Waals surface area contributed by atoms with Crippen LogP contribution >= 0.6 is 0 Å². The van der Waals surface area contributed by atoms with Crippen molar-refractivity contribution < 1.29 is 14.4 Å². The lowest BCUT2D eigenvalue weighted by atomic mass is 9.99. The third-order valence-corrected chi connectivity index (χ3v) is 5.11. The van der Waals surface area contributed by atoms with Crippen LogP contribution in [0.1, 0.15) is 51.5 Å². The first-order valence-electron chi connectivity index (χ1n) is 9.52. The maximum Gasteiger partial charge on any atom is 0.313 e. The zero-order valence-electron chi connectivity index (χ0n) is 15.5. The number of anilines is 2. The standard InChI is InChI=1S/C20H27N3O3/c1-13(2)20(26)23-11-5-6-14-12-16(9-10-17(14)23)22-19(25)18(24)21-15-7-3-4-8-15/h9-10,12-13,15H,3-8,11H2,1-2H3,(H,21,24)(H,22,25). The monoisotopic (exact) mass is 357 g/mol. The van der Waals surface area contributed by atoms with Crippen molar-refractivity contribution in [2.45, 2.75) is 58.4 Å². The molecule has 2 aliphatic rings. The van der Waals surface area contributed by atoms with E-state index in [2.05, 4.69) is 10.6 Å². The van der Waals surface area contributed by atoms with Gasteiger partial charge < -0.3 is 15.5 Å². The van der Waals surface area contributed by atoms with Gasteiger partial charge in [-0.1, -0.05) is 26.7 Å². The second-order valence-electron chi connectivity index (χ2n) is 7.50. The van der Waals surface area contributed by atoms with E-state index in [1.165, 1.54) is 0 Å². The molecular formula is C20H27N3O3. The molecule has 140 valence electrons. The average molecular weight is 357 g/mol. The molecule has 0 unspecified atom stereocenters. The summed E-state index contributed by atoms with van der Waals surface area (Å²) in [6, 6.07) is 5.60. The van der Waals surface area contributed by atoms with Gasteiger partial charge in [-0.2, -0.15) is 0 Å². The summed E-state index contributed by atoms with van der Waals surface area (Å²) in [5.41, 5.74) is 2.52. The molecule has 2 N–H and O–H groups in total. The number of fused-ring (bicyclic) bond motifs is 1. The Hall–Kier alpha value is -2.37. The van der Waals surface area contributed by atoms with Crippen molar-refractivity contribution >= 4 is 29.1 Å². The van der Waals surface area contributed by atoms with Gasteiger partial charge in [-0.25, -0.2) is 0 Å². The van der Waals surface area contributed by atoms with E-state index < -0.39 is 11.8 Å². The number of rotatable bonds is 3. The fourth-order valence-corrected chi connectivity index (χ4v) is 3.72. The van der Waals surface area contributed by atoms with Crippen LogP contribution in [-0.2, 0) is 20.8 Å². The molecule has 1 aromatic carbocycles. The summed E-state index contributed by atoms with van der Waals surface area (Å²) in [6.45, 7) is 4.52. The molecule has 1 aliphatic carbocycles. The van der Waals surface area contributed by atoms with E-state index in [4.69, 9.17) is 0 Å². The summed E-state index contributed by atoms with van der Waals surface area (Å²) in [5.74, 6) is -1.16. The minimum absolute atomic E-state index is 0.0559. The van der Waals surface area contributed by atoms with Crippen molar-refractivity contribution in [2.75, 3.05) is 16.8 Å². The van der Waals surface area contributed by atoms with Crippen molar-refractivity contribution in [1.82, 2.24) is 5.32 Å². The van der Waals surface area contributed by atoms with Crippen molar-refractivity contribution in [1.29, 1.82) is 0 Å². The molecule has 0 aromatic heterocycles. The molecule has 1 aromatic rings. The highest BCUT2D eigenvalue weighted by atomic mass is 16.2. The van der Waals surface area contributed by atoms with Crippen molar-refractivity contribution in [3.8, 4) is 0 Å². The SMILES string of the molecule is CC(C)C(=O)N1CCCc2cc(NC(=O)C(=O)NC3CCCC3)ccc21. The largest absolute Gasteiger partial charge is 0.345 e. The normalized spacial score (nSPS) is 17.1. The van der Waals surface area contributed by atoms with E-state index in [1.54, 1.807) is 6.07 Å². The minimum Gasteiger partial charge on any atom is -0.345 e. The fraction of sp³-hybridized carbons (Fsp3) is 0.550. The van der Waals surface area contributed by atoms with E-state index >= 15 is 0 Å². The molecule has 0 saturated heterocycles. The molecule has 0 atom stereocenters. The number of nitrogens with zero attached hydrogens (tertiary/aromatic N) is 1. The first kappa shape index (κ1) is 18.4. The summed E-state index contributed by atoms with van der Waals surface area (Å²) in [6.07, 6.45) is 5.83. The van der Waals surface area contributed by atoms with Gasteiger partial charge in [-0.05, 0) is 49.4 Å². The fourth-order valence-electron chi connectivity index (χ4n) is 3.72. The smallest absolute Gasteiger partial charge is 0.313 e. The van der Waals surface area contributed by atoms with Gasteiger partial charge in [-0.15, -0.1) is 0 Å². The predicted octanol–water partition coefficient (Wildman–Crippen LogP) is 2.62. The summed E-state index contributed by atoms with van der Waals surface area (Å²) in [5, 5.41) is 5.47. The summed E-state index contributed by atoms with van der Waals surface area (Å²) in [4.78, 5) is 38.4. The van der Waals surface area contributed by atoms with Crippen LogP contribution in [0.25, 0.3) is 0 Å². The molecular weight excluding hydrogens is 330 g/mol. The van der Waals surface area contributed by atoms with Gasteiger partial charge >= 0.3 is 11.8 Å². The highest BCUT2D eigenvalue weighted by Crippen LogP contribution is 2.30. The van der Waals surface area contributed by atoms with Gasteiger partial charge in [0.05, 0.1) is 0 Å². The van der Waals surface area contributed by atoms with E-state index in [9.17, 15) is 14.4 Å². The highest BCUT2D eigenvalue weighted by Gasteiger charge is 2.25. The third kappa shape index (κ3) is 4.06. The zero-order chi connectivity index (χ0) is 18.7. The molecule has 3 rings (SSSR count). The van der Waals surface area contributed by atoms with Gasteiger partial charge in [0.25, 0.3) is 0 Å². The van der Waals surface area contributed by atoms with Crippen LogP contribution in [0.2, 0.25) is 0 Å². The topological polar surface area (TPSA) is 78.5 Å². The van der Waals surface area contributed by atoms with Gasteiger partial charge in [0.1, 0.15) is 0 Å². The number of amides is 3. The van der Waals surface area contributed by atoms with Crippen LogP contribution in [0.15, 0.2) is 18.2 Å². The Morgan fingerprint density at radius 3 is 2.50 bits per heavy atom. The molecule has 6 nitrogen and oxygen atoms in total. The second kappa shape index (κ2) is 7.89. The second-order valence-corrected chi connectivity index (χ2v) is 7.50. The predicted molar refractivity (Wildman–Crippen MR) is 101 cm³/mol. The van der Waals surface area contributed by atoms with Crippen LogP contribution in [0, 0.1) is 5.92 Å². The Kier molecular flexibility index (Phi) is 5.59. The lowest BCUT2D eigenvalue weighted by Gasteiger charge is -2.31. The van der Waals surface area contributed by atoms with Gasteiger partial charge in [-0.3, -0.25) is 14.4 Å². The molecule has 1 heterocycles. The molecule has 1 aliphatic heterocycles. The molecule has 0 bridgehead atoms. The third-order valence-electron chi connectivity index (χ3n) is 5.11. The number of carbonyl (C=O) groups excluding carboxylic acids is 3. The molecule has 1 fully saturated rings. The number of aryl methyl sites for hydroxylation is 1. The van der Waals surface area contributed by atoms with Crippen LogP contribution in [0.3, 0.4) is 0 Å². The quantitative estimate of drug-likeness (QED) is 0.816.